The van der Waals surface area contributed by atoms with Crippen LogP contribution in [0.3, 0.4) is 0 Å². The number of aromatic nitrogens is 1. The van der Waals surface area contributed by atoms with Crippen molar-refractivity contribution >= 4 is 5.91 Å². The predicted molar refractivity (Wildman–Crippen MR) is 110 cm³/mol. The lowest BCUT2D eigenvalue weighted by Gasteiger charge is -2.22. The highest BCUT2D eigenvalue weighted by atomic mass is 16.5. The molecule has 1 aromatic heterocycles. The van der Waals surface area contributed by atoms with Gasteiger partial charge in [0.15, 0.2) is 11.5 Å². The largest absolute Gasteiger partial charge is 0.493 e. The Morgan fingerprint density at radius 3 is 2.36 bits per heavy atom. The number of hydrogen-bond donors (Lipinski definition) is 1. The molecular formula is C23H26N2O3. The lowest BCUT2D eigenvalue weighted by Crippen LogP contribution is -2.26. The number of rotatable bonds is 8. The molecule has 5 nitrogen and oxygen atoms in total. The first-order valence-corrected chi connectivity index (χ1v) is 9.28. The minimum Gasteiger partial charge on any atom is -0.493 e. The number of aryl methyl sites for hydroxylation is 1. The van der Waals surface area contributed by atoms with Crippen LogP contribution < -0.4 is 14.8 Å². The monoisotopic (exact) mass is 378 g/mol. The first kappa shape index (κ1) is 19.5. The van der Waals surface area contributed by atoms with Crippen molar-refractivity contribution in [3.63, 3.8) is 0 Å². The number of carbonyl (C=O) groups is 1. The molecule has 146 valence electrons. The molecule has 1 amide bonds. The van der Waals surface area contributed by atoms with Crippen LogP contribution in [0, 0.1) is 6.92 Å². The van der Waals surface area contributed by atoms with Crippen molar-refractivity contribution in [3.8, 4) is 11.5 Å². The van der Waals surface area contributed by atoms with Crippen LogP contribution in [0.1, 0.15) is 29.2 Å². The maximum absolute atomic E-state index is 12.7. The number of ether oxygens (including phenoxy) is 2. The Balaban J connectivity index is 1.80. The van der Waals surface area contributed by atoms with E-state index in [1.165, 1.54) is 5.56 Å². The molecule has 0 saturated heterocycles. The zero-order valence-corrected chi connectivity index (χ0v) is 16.5. The van der Waals surface area contributed by atoms with Gasteiger partial charge in [-0.3, -0.25) is 4.79 Å². The minimum absolute atomic E-state index is 0.0239. The lowest BCUT2D eigenvalue weighted by molar-refractivity contribution is -0.121. The summed E-state index contributed by atoms with van der Waals surface area (Å²) in [6.45, 7) is 2.55. The van der Waals surface area contributed by atoms with E-state index in [-0.39, 0.29) is 11.9 Å². The molecule has 1 N–H and O–H groups in total. The second-order valence-corrected chi connectivity index (χ2v) is 6.70. The predicted octanol–water partition coefficient (Wildman–Crippen LogP) is 4.11. The van der Waals surface area contributed by atoms with Gasteiger partial charge in [0.2, 0.25) is 5.91 Å². The third-order valence-corrected chi connectivity index (χ3v) is 4.77. The fourth-order valence-electron chi connectivity index (χ4n) is 3.26. The third-order valence-electron chi connectivity index (χ3n) is 4.77. The molecule has 1 heterocycles. The molecule has 2 aromatic carbocycles. The SMILES string of the molecule is COc1cccc(C(CC(=O)NCc2ccc(C)cc2)n2cccc2)c1OC. The van der Waals surface area contributed by atoms with Crippen LogP contribution in [0.25, 0.3) is 0 Å². The summed E-state index contributed by atoms with van der Waals surface area (Å²) >= 11 is 0. The number of benzene rings is 2. The van der Waals surface area contributed by atoms with E-state index in [0.717, 1.165) is 11.1 Å². The summed E-state index contributed by atoms with van der Waals surface area (Å²) in [5.41, 5.74) is 3.19. The number of methoxy groups -OCH3 is 2. The normalized spacial score (nSPS) is 11.7. The van der Waals surface area contributed by atoms with E-state index in [1.807, 2.05) is 78.5 Å². The van der Waals surface area contributed by atoms with Crippen molar-refractivity contribution < 1.29 is 14.3 Å². The van der Waals surface area contributed by atoms with Crippen LogP contribution in [0.5, 0.6) is 11.5 Å². The van der Waals surface area contributed by atoms with Gasteiger partial charge >= 0.3 is 0 Å². The van der Waals surface area contributed by atoms with E-state index in [4.69, 9.17) is 9.47 Å². The summed E-state index contributed by atoms with van der Waals surface area (Å²) in [6, 6.07) is 17.6. The Hall–Kier alpha value is -3.21. The summed E-state index contributed by atoms with van der Waals surface area (Å²) in [5, 5.41) is 3.02. The van der Waals surface area contributed by atoms with Crippen LogP contribution in [-0.2, 0) is 11.3 Å². The maximum atomic E-state index is 12.7. The van der Waals surface area contributed by atoms with E-state index in [0.29, 0.717) is 24.5 Å². The molecule has 28 heavy (non-hydrogen) atoms. The molecule has 0 aliphatic carbocycles. The van der Waals surface area contributed by atoms with E-state index in [9.17, 15) is 4.79 Å². The Labute approximate surface area is 165 Å². The quantitative estimate of drug-likeness (QED) is 0.642. The summed E-state index contributed by atoms with van der Waals surface area (Å²) in [6.07, 6.45) is 4.21. The number of nitrogens with zero attached hydrogens (tertiary/aromatic N) is 1. The zero-order valence-electron chi connectivity index (χ0n) is 16.5. The molecule has 0 bridgehead atoms. The third kappa shape index (κ3) is 4.55. The second-order valence-electron chi connectivity index (χ2n) is 6.70. The van der Waals surface area contributed by atoms with Crippen molar-refractivity contribution in [1.82, 2.24) is 9.88 Å². The van der Waals surface area contributed by atoms with Crippen molar-refractivity contribution in [2.45, 2.75) is 25.9 Å². The molecular weight excluding hydrogens is 352 g/mol. The van der Waals surface area contributed by atoms with Crippen molar-refractivity contribution in [1.29, 1.82) is 0 Å². The van der Waals surface area contributed by atoms with Gasteiger partial charge in [-0.15, -0.1) is 0 Å². The standard InChI is InChI=1S/C23H26N2O3/c1-17-9-11-18(12-10-17)16-24-22(26)15-20(25-13-4-5-14-25)19-7-6-8-21(27-2)23(19)28-3/h4-14,20H,15-16H2,1-3H3,(H,24,26). The Morgan fingerprint density at radius 1 is 1.00 bits per heavy atom. The first-order chi connectivity index (χ1) is 13.6. The summed E-state index contributed by atoms with van der Waals surface area (Å²) in [7, 11) is 3.23. The minimum atomic E-state index is -0.196. The number of carbonyl (C=O) groups excluding carboxylic acids is 1. The summed E-state index contributed by atoms with van der Waals surface area (Å²) < 4.78 is 13.0. The highest BCUT2D eigenvalue weighted by Gasteiger charge is 2.23. The van der Waals surface area contributed by atoms with Crippen LogP contribution in [0.15, 0.2) is 67.0 Å². The van der Waals surface area contributed by atoms with E-state index in [2.05, 4.69) is 5.32 Å². The summed E-state index contributed by atoms with van der Waals surface area (Å²) in [5.74, 6) is 1.27. The van der Waals surface area contributed by atoms with Crippen LogP contribution in [-0.4, -0.2) is 24.7 Å². The fourth-order valence-corrected chi connectivity index (χ4v) is 3.26. The highest BCUT2D eigenvalue weighted by molar-refractivity contribution is 5.77. The molecule has 1 unspecified atom stereocenters. The van der Waals surface area contributed by atoms with Crippen LogP contribution in [0.2, 0.25) is 0 Å². The topological polar surface area (TPSA) is 52.5 Å². The van der Waals surface area contributed by atoms with Gasteiger partial charge in [-0.25, -0.2) is 0 Å². The van der Waals surface area contributed by atoms with E-state index in [1.54, 1.807) is 14.2 Å². The highest BCUT2D eigenvalue weighted by Crippen LogP contribution is 2.37. The Bertz CT molecular complexity index is 902. The second kappa shape index (κ2) is 9.13. The molecule has 0 saturated carbocycles. The zero-order chi connectivity index (χ0) is 19.9. The summed E-state index contributed by atoms with van der Waals surface area (Å²) in [4.78, 5) is 12.7. The van der Waals surface area contributed by atoms with Gasteiger partial charge in [-0.2, -0.15) is 0 Å². The first-order valence-electron chi connectivity index (χ1n) is 9.28. The molecule has 0 aliphatic rings. The number of amides is 1. The van der Waals surface area contributed by atoms with Gasteiger partial charge in [-0.05, 0) is 30.7 Å². The van der Waals surface area contributed by atoms with Gasteiger partial charge in [0.25, 0.3) is 0 Å². The molecule has 3 aromatic rings. The molecule has 3 rings (SSSR count). The fraction of sp³-hybridized carbons (Fsp3) is 0.261. The van der Waals surface area contributed by atoms with E-state index >= 15 is 0 Å². The van der Waals surface area contributed by atoms with Crippen molar-refractivity contribution in [2.75, 3.05) is 14.2 Å². The van der Waals surface area contributed by atoms with Gasteiger partial charge in [0, 0.05) is 24.5 Å². The number of hydrogen-bond acceptors (Lipinski definition) is 3. The average Bonchev–Trinajstić information content (AvgIpc) is 3.25. The van der Waals surface area contributed by atoms with Crippen molar-refractivity contribution in [2.24, 2.45) is 0 Å². The maximum Gasteiger partial charge on any atom is 0.222 e. The molecule has 0 radical (unpaired) electrons. The smallest absolute Gasteiger partial charge is 0.222 e. The Morgan fingerprint density at radius 2 is 1.71 bits per heavy atom. The van der Waals surface area contributed by atoms with Gasteiger partial charge in [0.05, 0.1) is 26.7 Å². The van der Waals surface area contributed by atoms with Gasteiger partial charge < -0.3 is 19.4 Å². The van der Waals surface area contributed by atoms with Gasteiger partial charge in [-0.1, -0.05) is 42.0 Å². The molecule has 0 spiro atoms. The number of nitrogens with one attached hydrogen (secondary N) is 1. The van der Waals surface area contributed by atoms with Crippen LogP contribution in [0.4, 0.5) is 0 Å². The molecule has 0 aliphatic heterocycles. The molecule has 5 heteroatoms. The van der Waals surface area contributed by atoms with Crippen LogP contribution >= 0.6 is 0 Å². The number of para-hydroxylation sites is 1. The van der Waals surface area contributed by atoms with Gasteiger partial charge in [0.1, 0.15) is 0 Å². The van der Waals surface area contributed by atoms with E-state index < -0.39 is 0 Å². The Kier molecular flexibility index (Phi) is 6.37. The average molecular weight is 378 g/mol. The lowest BCUT2D eigenvalue weighted by atomic mass is 10.0. The van der Waals surface area contributed by atoms with Crippen molar-refractivity contribution in [3.05, 3.63) is 83.7 Å². The molecule has 1 atom stereocenters. The molecule has 0 fully saturated rings.